The minimum absolute atomic E-state index is 0.146. The fourth-order valence-electron chi connectivity index (χ4n) is 3.70. The molecule has 1 unspecified atom stereocenters. The maximum absolute atomic E-state index is 13.4. The Hall–Kier alpha value is -3.48. The van der Waals surface area contributed by atoms with Crippen molar-refractivity contribution in [2.75, 3.05) is 6.54 Å². The number of benzene rings is 2. The molecule has 0 bridgehead atoms. The second-order valence-corrected chi connectivity index (χ2v) is 6.86. The van der Waals surface area contributed by atoms with Gasteiger partial charge in [0.05, 0.1) is 11.1 Å². The van der Waals surface area contributed by atoms with Crippen LogP contribution < -0.4 is 11.3 Å². The fraction of sp³-hybridized carbons (Fsp3) is 0.238. The molecule has 1 atom stereocenters. The van der Waals surface area contributed by atoms with E-state index in [1.807, 2.05) is 6.07 Å². The molecule has 3 aromatic rings. The van der Waals surface area contributed by atoms with E-state index in [4.69, 9.17) is 5.73 Å². The van der Waals surface area contributed by atoms with Gasteiger partial charge in [-0.15, -0.1) is 0 Å². The molecule has 2 aromatic carbocycles. The van der Waals surface area contributed by atoms with Crippen LogP contribution in [0.2, 0.25) is 0 Å². The van der Waals surface area contributed by atoms with E-state index in [0.717, 1.165) is 12.8 Å². The lowest BCUT2D eigenvalue weighted by atomic mass is 10.0. The van der Waals surface area contributed by atoms with Crippen LogP contribution in [0.4, 0.5) is 0 Å². The second-order valence-electron chi connectivity index (χ2n) is 6.86. The Morgan fingerprint density at radius 2 is 1.64 bits per heavy atom. The Morgan fingerprint density at radius 3 is 2.36 bits per heavy atom. The van der Waals surface area contributed by atoms with Gasteiger partial charge in [-0.05, 0) is 37.5 Å². The molecule has 0 saturated carbocycles. The molecule has 7 heteroatoms. The summed E-state index contributed by atoms with van der Waals surface area (Å²) >= 11 is 0. The molecule has 7 nitrogen and oxygen atoms in total. The first-order valence-corrected chi connectivity index (χ1v) is 9.25. The predicted molar refractivity (Wildman–Crippen MR) is 105 cm³/mol. The van der Waals surface area contributed by atoms with Crippen molar-refractivity contribution in [2.24, 2.45) is 5.73 Å². The van der Waals surface area contributed by atoms with Gasteiger partial charge in [-0.2, -0.15) is 9.78 Å². The molecule has 0 aliphatic carbocycles. The molecule has 28 heavy (non-hydrogen) atoms. The molecule has 1 saturated heterocycles. The number of fused-ring (bicyclic) bond motifs is 1. The van der Waals surface area contributed by atoms with Gasteiger partial charge in [-0.25, -0.2) is 0 Å². The molecule has 2 heterocycles. The zero-order valence-corrected chi connectivity index (χ0v) is 15.2. The van der Waals surface area contributed by atoms with Gasteiger partial charge in [0.2, 0.25) is 5.91 Å². The summed E-state index contributed by atoms with van der Waals surface area (Å²) in [7, 11) is 0. The highest BCUT2D eigenvalue weighted by molar-refractivity contribution is 6.06. The van der Waals surface area contributed by atoms with E-state index in [0.29, 0.717) is 29.4 Å². The number of rotatable bonds is 3. The number of nitrogens with zero attached hydrogens (tertiary/aromatic N) is 3. The number of nitrogens with two attached hydrogens (primary N) is 1. The Bertz CT molecular complexity index is 1110. The number of hydrogen-bond donors (Lipinski definition) is 1. The molecule has 2 N–H and O–H groups in total. The SMILES string of the molecule is NC(=O)C1CCCCN1C(=O)c1nn(-c2ccccc2)c(=O)c2ccccc12. The summed E-state index contributed by atoms with van der Waals surface area (Å²) in [6.07, 6.45) is 2.18. The number of aromatic nitrogens is 2. The number of carbonyl (C=O) groups is 2. The largest absolute Gasteiger partial charge is 0.368 e. The molecule has 142 valence electrons. The topological polar surface area (TPSA) is 98.3 Å². The maximum atomic E-state index is 13.4. The van der Waals surface area contributed by atoms with Crippen LogP contribution in [0.15, 0.2) is 59.4 Å². The molecule has 1 aliphatic heterocycles. The van der Waals surface area contributed by atoms with E-state index in [1.165, 1.54) is 9.58 Å². The second kappa shape index (κ2) is 7.26. The molecule has 0 radical (unpaired) electrons. The minimum Gasteiger partial charge on any atom is -0.368 e. The van der Waals surface area contributed by atoms with Gasteiger partial charge in [0.25, 0.3) is 11.5 Å². The molecule has 4 rings (SSSR count). The molecular weight excluding hydrogens is 356 g/mol. The summed E-state index contributed by atoms with van der Waals surface area (Å²) in [6, 6.07) is 15.2. The lowest BCUT2D eigenvalue weighted by molar-refractivity contribution is -0.123. The van der Waals surface area contributed by atoms with Crippen molar-refractivity contribution in [1.82, 2.24) is 14.7 Å². The monoisotopic (exact) mass is 376 g/mol. The van der Waals surface area contributed by atoms with E-state index in [2.05, 4.69) is 5.10 Å². The summed E-state index contributed by atoms with van der Waals surface area (Å²) in [5.41, 5.74) is 5.93. The maximum Gasteiger partial charge on any atom is 0.279 e. The first-order valence-electron chi connectivity index (χ1n) is 9.25. The van der Waals surface area contributed by atoms with Gasteiger partial charge < -0.3 is 10.6 Å². The Labute approximate surface area is 161 Å². The van der Waals surface area contributed by atoms with Crippen LogP contribution in [0.1, 0.15) is 29.8 Å². The first-order chi connectivity index (χ1) is 13.6. The molecular formula is C21H20N4O3. The zero-order valence-electron chi connectivity index (χ0n) is 15.2. The van der Waals surface area contributed by atoms with E-state index < -0.39 is 11.9 Å². The third-order valence-electron chi connectivity index (χ3n) is 5.10. The Kier molecular flexibility index (Phi) is 4.65. The number of hydrogen-bond acceptors (Lipinski definition) is 4. The van der Waals surface area contributed by atoms with Crippen LogP contribution in [-0.4, -0.2) is 39.1 Å². The van der Waals surface area contributed by atoms with Crippen LogP contribution in [0.5, 0.6) is 0 Å². The fourth-order valence-corrected chi connectivity index (χ4v) is 3.70. The van der Waals surface area contributed by atoms with Crippen molar-refractivity contribution >= 4 is 22.6 Å². The predicted octanol–water partition coefficient (Wildman–Crippen LogP) is 1.87. The average molecular weight is 376 g/mol. The highest BCUT2D eigenvalue weighted by Crippen LogP contribution is 2.22. The van der Waals surface area contributed by atoms with Crippen molar-refractivity contribution in [3.63, 3.8) is 0 Å². The van der Waals surface area contributed by atoms with Crippen molar-refractivity contribution in [1.29, 1.82) is 0 Å². The molecule has 2 amide bonds. The number of carbonyl (C=O) groups excluding carboxylic acids is 2. The van der Waals surface area contributed by atoms with Crippen molar-refractivity contribution in [3.8, 4) is 5.69 Å². The molecule has 1 aromatic heterocycles. The van der Waals surface area contributed by atoms with Crippen LogP contribution in [0.25, 0.3) is 16.5 Å². The highest BCUT2D eigenvalue weighted by Gasteiger charge is 2.33. The molecule has 1 aliphatic rings. The summed E-state index contributed by atoms with van der Waals surface area (Å²) in [5.74, 6) is -0.905. The summed E-state index contributed by atoms with van der Waals surface area (Å²) in [5, 5.41) is 5.27. The van der Waals surface area contributed by atoms with Crippen LogP contribution in [0.3, 0.4) is 0 Å². The lowest BCUT2D eigenvalue weighted by Crippen LogP contribution is -2.51. The van der Waals surface area contributed by atoms with E-state index >= 15 is 0 Å². The highest BCUT2D eigenvalue weighted by atomic mass is 16.2. The third-order valence-corrected chi connectivity index (χ3v) is 5.10. The van der Waals surface area contributed by atoms with Crippen molar-refractivity contribution in [2.45, 2.75) is 25.3 Å². The number of amides is 2. The third kappa shape index (κ3) is 3.05. The summed E-state index contributed by atoms with van der Waals surface area (Å²) in [4.78, 5) is 39.7. The van der Waals surface area contributed by atoms with Crippen LogP contribution in [-0.2, 0) is 4.79 Å². The lowest BCUT2D eigenvalue weighted by Gasteiger charge is -2.33. The van der Waals surface area contributed by atoms with Crippen molar-refractivity contribution in [3.05, 3.63) is 70.6 Å². The van der Waals surface area contributed by atoms with E-state index in [9.17, 15) is 14.4 Å². The smallest absolute Gasteiger partial charge is 0.279 e. The number of para-hydroxylation sites is 1. The van der Waals surface area contributed by atoms with Gasteiger partial charge >= 0.3 is 0 Å². The Balaban J connectivity index is 1.91. The number of primary amides is 1. The Morgan fingerprint density at radius 1 is 0.964 bits per heavy atom. The van der Waals surface area contributed by atoms with Crippen molar-refractivity contribution < 1.29 is 9.59 Å². The standard InChI is InChI=1S/C21H20N4O3/c22-19(26)17-12-6-7-13-24(17)21(28)18-15-10-4-5-11-16(15)20(27)25(23-18)14-8-2-1-3-9-14/h1-5,8-11,17H,6-7,12-13H2,(H2,22,26). The normalized spacial score (nSPS) is 16.9. The van der Waals surface area contributed by atoms with Gasteiger partial charge in [0, 0.05) is 11.9 Å². The number of piperidine rings is 1. The van der Waals surface area contributed by atoms with Gasteiger partial charge in [-0.3, -0.25) is 14.4 Å². The van der Waals surface area contributed by atoms with Gasteiger partial charge in [0.1, 0.15) is 6.04 Å². The molecule has 0 spiro atoms. The number of likely N-dealkylation sites (tertiary alicyclic amines) is 1. The average Bonchev–Trinajstić information content (AvgIpc) is 2.74. The summed E-state index contributed by atoms with van der Waals surface area (Å²) < 4.78 is 1.23. The van der Waals surface area contributed by atoms with Crippen LogP contribution >= 0.6 is 0 Å². The van der Waals surface area contributed by atoms with Gasteiger partial charge in [-0.1, -0.05) is 36.4 Å². The minimum atomic E-state index is -0.654. The van der Waals surface area contributed by atoms with E-state index in [-0.39, 0.29) is 17.2 Å². The molecule has 1 fully saturated rings. The van der Waals surface area contributed by atoms with Gasteiger partial charge in [0.15, 0.2) is 5.69 Å². The quantitative estimate of drug-likeness (QED) is 0.754. The zero-order chi connectivity index (χ0) is 19.7. The summed E-state index contributed by atoms with van der Waals surface area (Å²) in [6.45, 7) is 0.437. The van der Waals surface area contributed by atoms with Crippen LogP contribution in [0, 0.1) is 0 Å². The first kappa shape index (κ1) is 17.9. The van der Waals surface area contributed by atoms with E-state index in [1.54, 1.807) is 48.5 Å².